The van der Waals surface area contributed by atoms with E-state index in [0.29, 0.717) is 10.0 Å². The van der Waals surface area contributed by atoms with Crippen LogP contribution in [-0.2, 0) is 10.3 Å². The largest absolute Gasteiger partial charge is 0.479 e. The van der Waals surface area contributed by atoms with Gasteiger partial charge in [0.1, 0.15) is 0 Å². The van der Waals surface area contributed by atoms with E-state index in [1.54, 1.807) is 24.3 Å². The maximum absolute atomic E-state index is 11.3. The van der Waals surface area contributed by atoms with E-state index in [0.717, 1.165) is 0 Å². The first-order valence-electron chi connectivity index (χ1n) is 4.61. The van der Waals surface area contributed by atoms with Gasteiger partial charge in [-0.1, -0.05) is 34.1 Å². The average molecular weight is 285 g/mol. The van der Waals surface area contributed by atoms with Crippen LogP contribution in [0.1, 0.15) is 5.56 Å². The first kappa shape index (κ1) is 10.9. The second kappa shape index (κ2) is 3.79. The lowest BCUT2D eigenvalue weighted by molar-refractivity contribution is -0.143. The molecule has 0 spiro atoms. The maximum atomic E-state index is 11.3. The van der Waals surface area contributed by atoms with E-state index < -0.39 is 17.5 Å². The van der Waals surface area contributed by atoms with Crippen molar-refractivity contribution in [3.8, 4) is 0 Å². The summed E-state index contributed by atoms with van der Waals surface area (Å²) in [4.78, 5) is 22.5. The number of aliphatic carboxylic acids is 1. The third-order valence-electron chi connectivity index (χ3n) is 2.54. The molecule has 5 nitrogen and oxygen atoms in total. The molecular weight excluding hydrogens is 276 g/mol. The van der Waals surface area contributed by atoms with Crippen LogP contribution in [0, 0.1) is 0 Å². The number of carbonyl (C=O) groups is 2. The topological polar surface area (TPSA) is 78.4 Å². The van der Waals surface area contributed by atoms with Gasteiger partial charge in [-0.25, -0.2) is 9.59 Å². The Hall–Kier alpha value is -1.56. The van der Waals surface area contributed by atoms with Gasteiger partial charge >= 0.3 is 12.0 Å². The minimum absolute atomic E-state index is 0.0315. The van der Waals surface area contributed by atoms with Gasteiger partial charge in [0, 0.05) is 10.0 Å². The number of hydrogen-bond donors (Lipinski definition) is 3. The van der Waals surface area contributed by atoms with Crippen molar-refractivity contribution in [2.24, 2.45) is 0 Å². The lowest BCUT2D eigenvalue weighted by Crippen LogP contribution is -2.48. The van der Waals surface area contributed by atoms with Crippen molar-refractivity contribution >= 4 is 27.9 Å². The van der Waals surface area contributed by atoms with Crippen LogP contribution in [0.25, 0.3) is 0 Å². The standard InChI is InChI=1S/C10H9BrN2O3/c11-7-4-2-1-3-6(7)10(8(14)15)5-12-9(16)13-10/h1-4H,5H2,(H,14,15)(H2,12,13,16). The summed E-state index contributed by atoms with van der Waals surface area (Å²) in [5, 5.41) is 14.2. The van der Waals surface area contributed by atoms with Gasteiger partial charge in [-0.2, -0.15) is 0 Å². The van der Waals surface area contributed by atoms with Gasteiger partial charge in [-0.15, -0.1) is 0 Å². The molecule has 16 heavy (non-hydrogen) atoms. The minimum Gasteiger partial charge on any atom is -0.479 e. The van der Waals surface area contributed by atoms with Crippen molar-refractivity contribution < 1.29 is 14.7 Å². The fourth-order valence-corrected chi connectivity index (χ4v) is 2.33. The van der Waals surface area contributed by atoms with E-state index in [-0.39, 0.29) is 6.54 Å². The molecule has 1 unspecified atom stereocenters. The molecule has 1 atom stereocenters. The van der Waals surface area contributed by atoms with Gasteiger partial charge in [0.15, 0.2) is 5.54 Å². The van der Waals surface area contributed by atoms with Crippen LogP contribution in [0.15, 0.2) is 28.7 Å². The number of carboxylic acid groups (broad SMARTS) is 1. The molecular formula is C10H9BrN2O3. The van der Waals surface area contributed by atoms with Crippen LogP contribution in [0.3, 0.4) is 0 Å². The van der Waals surface area contributed by atoms with Gasteiger partial charge in [0.25, 0.3) is 0 Å². The third-order valence-corrected chi connectivity index (χ3v) is 3.23. The number of hydrogen-bond acceptors (Lipinski definition) is 2. The van der Waals surface area contributed by atoms with Crippen molar-refractivity contribution in [2.75, 3.05) is 6.54 Å². The highest BCUT2D eigenvalue weighted by atomic mass is 79.9. The third kappa shape index (κ3) is 1.55. The number of benzene rings is 1. The van der Waals surface area contributed by atoms with Crippen molar-refractivity contribution in [3.63, 3.8) is 0 Å². The molecule has 1 aliphatic heterocycles. The smallest absolute Gasteiger partial charge is 0.336 e. The molecule has 0 radical (unpaired) electrons. The molecule has 1 saturated heterocycles. The molecule has 3 N–H and O–H groups in total. The Balaban J connectivity index is 2.53. The zero-order valence-electron chi connectivity index (χ0n) is 8.16. The number of amides is 2. The minimum atomic E-state index is -1.39. The Morgan fingerprint density at radius 2 is 2.12 bits per heavy atom. The molecule has 84 valence electrons. The van der Waals surface area contributed by atoms with Gasteiger partial charge in [-0.3, -0.25) is 0 Å². The summed E-state index contributed by atoms with van der Waals surface area (Å²) in [7, 11) is 0. The quantitative estimate of drug-likeness (QED) is 0.759. The number of urea groups is 1. The first-order chi connectivity index (χ1) is 7.56. The van der Waals surface area contributed by atoms with Crippen LogP contribution in [-0.4, -0.2) is 23.7 Å². The zero-order valence-corrected chi connectivity index (χ0v) is 9.74. The van der Waals surface area contributed by atoms with E-state index >= 15 is 0 Å². The summed E-state index contributed by atoms with van der Waals surface area (Å²) in [5.74, 6) is -1.09. The Bertz CT molecular complexity index is 463. The lowest BCUT2D eigenvalue weighted by atomic mass is 9.91. The molecule has 1 aromatic rings. The summed E-state index contributed by atoms with van der Waals surface area (Å²) in [6.45, 7) is 0.0315. The average Bonchev–Trinajstić information content (AvgIpc) is 2.62. The summed E-state index contributed by atoms with van der Waals surface area (Å²) in [6, 6.07) is 6.46. The Kier molecular flexibility index (Phi) is 2.59. The molecule has 0 aromatic heterocycles. The molecule has 6 heteroatoms. The van der Waals surface area contributed by atoms with Gasteiger partial charge in [0.05, 0.1) is 6.54 Å². The number of nitrogens with one attached hydrogen (secondary N) is 2. The van der Waals surface area contributed by atoms with Crippen LogP contribution in [0.5, 0.6) is 0 Å². The van der Waals surface area contributed by atoms with E-state index in [2.05, 4.69) is 26.6 Å². The van der Waals surface area contributed by atoms with Crippen molar-refractivity contribution in [3.05, 3.63) is 34.3 Å². The number of halogens is 1. The first-order valence-corrected chi connectivity index (χ1v) is 5.40. The molecule has 0 aliphatic carbocycles. The van der Waals surface area contributed by atoms with Crippen LogP contribution in [0.4, 0.5) is 4.79 Å². The monoisotopic (exact) mass is 284 g/mol. The molecule has 2 rings (SSSR count). The van der Waals surface area contributed by atoms with E-state index in [1.165, 1.54) is 0 Å². The predicted octanol–water partition coefficient (Wildman–Crippen LogP) is 1.04. The lowest BCUT2D eigenvalue weighted by Gasteiger charge is -2.24. The molecule has 1 fully saturated rings. The number of carboxylic acids is 1. The van der Waals surface area contributed by atoms with Gasteiger partial charge < -0.3 is 15.7 Å². The molecule has 1 heterocycles. The Labute approximate surface area is 100.0 Å². The molecule has 1 aliphatic rings. The van der Waals surface area contributed by atoms with Crippen molar-refractivity contribution in [1.82, 2.24) is 10.6 Å². The fraction of sp³-hybridized carbons (Fsp3) is 0.200. The van der Waals surface area contributed by atoms with Gasteiger partial charge in [0.2, 0.25) is 0 Å². The zero-order chi connectivity index (χ0) is 11.8. The van der Waals surface area contributed by atoms with Crippen LogP contribution >= 0.6 is 15.9 Å². The summed E-state index contributed by atoms with van der Waals surface area (Å²) in [5.41, 5.74) is -0.863. The second-order valence-electron chi connectivity index (χ2n) is 3.50. The number of rotatable bonds is 2. The van der Waals surface area contributed by atoms with E-state index in [1.807, 2.05) is 0 Å². The summed E-state index contributed by atoms with van der Waals surface area (Å²) in [6.07, 6.45) is 0. The molecule has 1 aromatic carbocycles. The van der Waals surface area contributed by atoms with Crippen molar-refractivity contribution in [2.45, 2.75) is 5.54 Å². The van der Waals surface area contributed by atoms with E-state index in [9.17, 15) is 14.7 Å². The van der Waals surface area contributed by atoms with Gasteiger partial charge in [-0.05, 0) is 6.07 Å². The molecule has 0 saturated carbocycles. The maximum Gasteiger partial charge on any atom is 0.336 e. The highest BCUT2D eigenvalue weighted by Gasteiger charge is 2.47. The normalized spacial score (nSPS) is 23.7. The van der Waals surface area contributed by atoms with Crippen LogP contribution in [0.2, 0.25) is 0 Å². The predicted molar refractivity (Wildman–Crippen MR) is 60.0 cm³/mol. The Morgan fingerprint density at radius 1 is 1.44 bits per heavy atom. The van der Waals surface area contributed by atoms with Crippen LogP contribution < -0.4 is 10.6 Å². The summed E-state index contributed by atoms with van der Waals surface area (Å²) >= 11 is 3.29. The molecule has 0 bridgehead atoms. The van der Waals surface area contributed by atoms with Crippen molar-refractivity contribution in [1.29, 1.82) is 0 Å². The van der Waals surface area contributed by atoms with E-state index in [4.69, 9.17) is 0 Å². The highest BCUT2D eigenvalue weighted by molar-refractivity contribution is 9.10. The highest BCUT2D eigenvalue weighted by Crippen LogP contribution is 2.30. The molecule has 2 amide bonds. The summed E-state index contributed by atoms with van der Waals surface area (Å²) < 4.78 is 0.654. The fourth-order valence-electron chi connectivity index (χ4n) is 1.71. The second-order valence-corrected chi connectivity index (χ2v) is 4.35. The Morgan fingerprint density at radius 3 is 2.62 bits per heavy atom. The SMILES string of the molecule is O=C1NCC(C(=O)O)(c2ccccc2Br)N1. The number of carbonyl (C=O) groups excluding carboxylic acids is 1.